The molecule has 102 valence electrons. The van der Waals surface area contributed by atoms with Gasteiger partial charge in [0.1, 0.15) is 13.2 Å². The minimum Gasteiger partial charge on any atom is -0.486 e. The zero-order valence-corrected chi connectivity index (χ0v) is 11.5. The molecule has 7 heteroatoms. The molecule has 1 heterocycles. The normalized spacial score (nSPS) is 12.9. The van der Waals surface area contributed by atoms with Gasteiger partial charge in [0, 0.05) is 23.0 Å². The van der Waals surface area contributed by atoms with Crippen molar-refractivity contribution in [1.29, 1.82) is 0 Å². The quantitative estimate of drug-likeness (QED) is 0.882. The third-order valence-electron chi connectivity index (χ3n) is 2.47. The molecule has 0 aliphatic carbocycles. The van der Waals surface area contributed by atoms with Crippen molar-refractivity contribution in [3.63, 3.8) is 0 Å². The summed E-state index contributed by atoms with van der Waals surface area (Å²) in [6.45, 7) is 0.949. The second-order valence-corrected chi connectivity index (χ2v) is 4.77. The molecule has 0 saturated heterocycles. The lowest BCUT2D eigenvalue weighted by atomic mass is 10.2. The number of rotatable bonds is 4. The molecular formula is C12H12BrNO5. The Hall–Kier alpha value is -1.76. The highest BCUT2D eigenvalue weighted by atomic mass is 79.9. The van der Waals surface area contributed by atoms with Crippen LogP contribution in [-0.4, -0.2) is 30.2 Å². The minimum atomic E-state index is -1.00. The van der Waals surface area contributed by atoms with Crippen molar-refractivity contribution >= 4 is 33.5 Å². The fraction of sp³-hybridized carbons (Fsp3) is 0.333. The van der Waals surface area contributed by atoms with Gasteiger partial charge in [0.25, 0.3) is 0 Å². The zero-order valence-electron chi connectivity index (χ0n) is 9.94. The van der Waals surface area contributed by atoms with E-state index in [2.05, 4.69) is 21.2 Å². The van der Waals surface area contributed by atoms with Crippen molar-refractivity contribution in [3.05, 3.63) is 16.6 Å². The lowest BCUT2D eigenvalue weighted by Gasteiger charge is -2.20. The van der Waals surface area contributed by atoms with E-state index < -0.39 is 5.97 Å². The molecule has 1 amide bonds. The predicted octanol–water partition coefficient (Wildman–Crippen LogP) is 2.02. The van der Waals surface area contributed by atoms with Crippen LogP contribution >= 0.6 is 15.9 Å². The molecule has 0 unspecified atom stereocenters. The number of carboxylic acids is 1. The first-order valence-corrected chi connectivity index (χ1v) is 6.46. The summed E-state index contributed by atoms with van der Waals surface area (Å²) >= 11 is 3.32. The number of aliphatic carboxylic acids is 1. The first-order chi connectivity index (χ1) is 9.06. The third kappa shape index (κ3) is 3.60. The molecule has 2 N–H and O–H groups in total. The second-order valence-electron chi connectivity index (χ2n) is 3.92. The van der Waals surface area contributed by atoms with Crippen LogP contribution in [0.3, 0.4) is 0 Å². The SMILES string of the molecule is O=C(O)CCC(=O)Nc1cc2c(cc1Br)OCCO2. The van der Waals surface area contributed by atoms with E-state index in [0.29, 0.717) is 34.9 Å². The number of benzene rings is 1. The van der Waals surface area contributed by atoms with E-state index in [9.17, 15) is 9.59 Å². The van der Waals surface area contributed by atoms with E-state index in [0.717, 1.165) is 0 Å². The summed E-state index contributed by atoms with van der Waals surface area (Å²) < 4.78 is 11.5. The molecule has 1 aliphatic rings. The topological polar surface area (TPSA) is 84.9 Å². The first kappa shape index (κ1) is 13.7. The van der Waals surface area contributed by atoms with Gasteiger partial charge in [0.2, 0.25) is 5.91 Å². The fourth-order valence-electron chi connectivity index (χ4n) is 1.59. The van der Waals surface area contributed by atoms with Gasteiger partial charge in [0.15, 0.2) is 11.5 Å². The summed E-state index contributed by atoms with van der Waals surface area (Å²) in [7, 11) is 0. The maximum Gasteiger partial charge on any atom is 0.303 e. The number of carbonyl (C=O) groups excluding carboxylic acids is 1. The minimum absolute atomic E-state index is 0.0732. The Morgan fingerprint density at radius 1 is 1.21 bits per heavy atom. The molecule has 1 aromatic carbocycles. The van der Waals surface area contributed by atoms with Crippen LogP contribution in [0.25, 0.3) is 0 Å². The Kier molecular flexibility index (Phi) is 4.26. The van der Waals surface area contributed by atoms with Crippen LogP contribution in [0.2, 0.25) is 0 Å². The Labute approximate surface area is 117 Å². The van der Waals surface area contributed by atoms with Gasteiger partial charge in [0.05, 0.1) is 12.1 Å². The number of ether oxygens (including phenoxy) is 2. The smallest absolute Gasteiger partial charge is 0.303 e. The molecule has 0 fully saturated rings. The number of halogens is 1. The molecule has 1 aliphatic heterocycles. The summed E-state index contributed by atoms with van der Waals surface area (Å²) in [5, 5.41) is 11.1. The average molecular weight is 330 g/mol. The number of fused-ring (bicyclic) bond motifs is 1. The molecule has 6 nitrogen and oxygen atoms in total. The number of hydrogen-bond acceptors (Lipinski definition) is 4. The van der Waals surface area contributed by atoms with Gasteiger partial charge in [-0.3, -0.25) is 9.59 Å². The Morgan fingerprint density at radius 3 is 2.47 bits per heavy atom. The summed E-state index contributed by atoms with van der Waals surface area (Å²) in [5.74, 6) is -0.194. The van der Waals surface area contributed by atoms with E-state index >= 15 is 0 Å². The number of hydrogen-bond donors (Lipinski definition) is 2. The van der Waals surface area contributed by atoms with Gasteiger partial charge in [-0.15, -0.1) is 0 Å². The van der Waals surface area contributed by atoms with E-state index in [-0.39, 0.29) is 18.7 Å². The second kappa shape index (κ2) is 5.92. The van der Waals surface area contributed by atoms with Crippen molar-refractivity contribution in [2.45, 2.75) is 12.8 Å². The lowest BCUT2D eigenvalue weighted by Crippen LogP contribution is -2.17. The van der Waals surface area contributed by atoms with Crippen LogP contribution in [0.1, 0.15) is 12.8 Å². The van der Waals surface area contributed by atoms with Crippen LogP contribution in [0.4, 0.5) is 5.69 Å². The van der Waals surface area contributed by atoms with E-state index in [1.165, 1.54) is 0 Å². The van der Waals surface area contributed by atoms with Crippen molar-refractivity contribution in [3.8, 4) is 11.5 Å². The number of amides is 1. The first-order valence-electron chi connectivity index (χ1n) is 5.67. The van der Waals surface area contributed by atoms with Gasteiger partial charge >= 0.3 is 5.97 Å². The maximum atomic E-state index is 11.6. The van der Waals surface area contributed by atoms with Crippen LogP contribution in [0.15, 0.2) is 16.6 Å². The molecule has 0 saturated carbocycles. The van der Waals surface area contributed by atoms with Gasteiger partial charge in [-0.1, -0.05) is 0 Å². The molecule has 1 aromatic rings. The van der Waals surface area contributed by atoms with Gasteiger partial charge in [-0.05, 0) is 15.9 Å². The summed E-state index contributed by atoms with van der Waals surface area (Å²) in [4.78, 5) is 22.0. The number of nitrogens with one attached hydrogen (secondary N) is 1. The van der Waals surface area contributed by atoms with E-state index in [1.807, 2.05) is 0 Å². The molecule has 0 bridgehead atoms. The zero-order chi connectivity index (χ0) is 13.8. The standard InChI is InChI=1S/C12H12BrNO5/c13-7-5-9-10(19-4-3-18-9)6-8(7)14-11(15)1-2-12(16)17/h5-6H,1-4H2,(H,14,15)(H,16,17). The Morgan fingerprint density at radius 2 is 1.84 bits per heavy atom. The molecule has 0 atom stereocenters. The van der Waals surface area contributed by atoms with Crippen LogP contribution in [0, 0.1) is 0 Å². The van der Waals surface area contributed by atoms with Gasteiger partial charge < -0.3 is 19.9 Å². The fourth-order valence-corrected chi connectivity index (χ4v) is 2.01. The molecule has 0 spiro atoms. The van der Waals surface area contributed by atoms with Crippen LogP contribution in [-0.2, 0) is 9.59 Å². The van der Waals surface area contributed by atoms with Gasteiger partial charge in [-0.2, -0.15) is 0 Å². The van der Waals surface area contributed by atoms with Crippen molar-refractivity contribution in [2.24, 2.45) is 0 Å². The number of anilines is 1. The van der Waals surface area contributed by atoms with Crippen LogP contribution < -0.4 is 14.8 Å². The largest absolute Gasteiger partial charge is 0.486 e. The summed E-state index contributed by atoms with van der Waals surface area (Å²) in [5.41, 5.74) is 0.527. The van der Waals surface area contributed by atoms with Crippen molar-refractivity contribution in [1.82, 2.24) is 0 Å². The molecule has 2 rings (SSSR count). The van der Waals surface area contributed by atoms with Gasteiger partial charge in [-0.25, -0.2) is 0 Å². The van der Waals surface area contributed by atoms with E-state index in [1.54, 1.807) is 12.1 Å². The molecular weight excluding hydrogens is 318 g/mol. The predicted molar refractivity (Wildman–Crippen MR) is 70.6 cm³/mol. The lowest BCUT2D eigenvalue weighted by molar-refractivity contribution is -0.138. The summed E-state index contributed by atoms with van der Waals surface area (Å²) in [6, 6.07) is 3.36. The molecule has 19 heavy (non-hydrogen) atoms. The number of carboxylic acid groups (broad SMARTS) is 1. The molecule has 0 radical (unpaired) electrons. The Bertz CT molecular complexity index is 517. The Balaban J connectivity index is 2.07. The monoisotopic (exact) mass is 329 g/mol. The average Bonchev–Trinajstić information content (AvgIpc) is 2.37. The van der Waals surface area contributed by atoms with Crippen molar-refractivity contribution < 1.29 is 24.2 Å². The highest BCUT2D eigenvalue weighted by Gasteiger charge is 2.16. The molecule has 0 aromatic heterocycles. The maximum absolute atomic E-state index is 11.6. The highest BCUT2D eigenvalue weighted by molar-refractivity contribution is 9.10. The van der Waals surface area contributed by atoms with Crippen LogP contribution in [0.5, 0.6) is 11.5 Å². The van der Waals surface area contributed by atoms with Crippen molar-refractivity contribution in [2.75, 3.05) is 18.5 Å². The highest BCUT2D eigenvalue weighted by Crippen LogP contribution is 2.38. The summed E-state index contributed by atoms with van der Waals surface area (Å²) in [6.07, 6.45) is -0.274. The third-order valence-corrected chi connectivity index (χ3v) is 3.13. The van der Waals surface area contributed by atoms with E-state index in [4.69, 9.17) is 14.6 Å². The number of carbonyl (C=O) groups is 2.